The second kappa shape index (κ2) is 6.12. The molecule has 0 saturated heterocycles. The Hall–Kier alpha value is -2.82. The van der Waals surface area contributed by atoms with Crippen LogP contribution >= 0.6 is 0 Å². The molecule has 0 saturated carbocycles. The number of H-pyrrole nitrogens is 1. The van der Waals surface area contributed by atoms with Crippen LogP contribution < -0.4 is 4.74 Å². The van der Waals surface area contributed by atoms with Crippen LogP contribution in [-0.4, -0.2) is 23.1 Å². The average molecular weight is 310 g/mol. The van der Waals surface area contributed by atoms with Crippen LogP contribution in [0.2, 0.25) is 0 Å². The summed E-state index contributed by atoms with van der Waals surface area (Å²) in [7, 11) is 1.60. The minimum atomic E-state index is -0.739. The fraction of sp³-hybridized carbons (Fsp3) is 0.222. The van der Waals surface area contributed by atoms with Crippen molar-refractivity contribution in [3.05, 3.63) is 76.0 Å². The molecule has 0 aliphatic heterocycles. The third-order valence-electron chi connectivity index (χ3n) is 4.18. The van der Waals surface area contributed by atoms with E-state index in [1.165, 1.54) is 0 Å². The molecule has 0 radical (unpaired) electrons. The number of benzene rings is 2. The highest BCUT2D eigenvalue weighted by Crippen LogP contribution is 2.32. The SMILES string of the molecule is COc1ccc(C(c2cc3ccccc3[nH]2)C(C)[N+](=O)[O-])cc1. The van der Waals surface area contributed by atoms with Crippen molar-refractivity contribution in [2.24, 2.45) is 0 Å². The van der Waals surface area contributed by atoms with Crippen LogP contribution in [0.1, 0.15) is 24.1 Å². The first-order valence-corrected chi connectivity index (χ1v) is 7.45. The monoisotopic (exact) mass is 310 g/mol. The Balaban J connectivity index is 2.08. The van der Waals surface area contributed by atoms with Crippen LogP contribution in [0.4, 0.5) is 0 Å². The van der Waals surface area contributed by atoms with Crippen LogP contribution in [0, 0.1) is 10.1 Å². The van der Waals surface area contributed by atoms with Crippen molar-refractivity contribution in [3.63, 3.8) is 0 Å². The summed E-state index contributed by atoms with van der Waals surface area (Å²) in [5, 5.41) is 12.4. The minimum Gasteiger partial charge on any atom is -0.497 e. The van der Waals surface area contributed by atoms with E-state index in [0.717, 1.165) is 27.9 Å². The van der Waals surface area contributed by atoms with Gasteiger partial charge < -0.3 is 9.72 Å². The highest BCUT2D eigenvalue weighted by molar-refractivity contribution is 5.80. The summed E-state index contributed by atoms with van der Waals surface area (Å²) in [4.78, 5) is 14.5. The zero-order chi connectivity index (χ0) is 16.4. The van der Waals surface area contributed by atoms with Crippen molar-refractivity contribution in [2.75, 3.05) is 7.11 Å². The number of hydrogen-bond donors (Lipinski definition) is 1. The standard InChI is InChI=1S/C18H18N2O3/c1-12(20(21)22)18(13-7-9-15(23-2)10-8-13)17-11-14-5-3-4-6-16(14)19-17/h3-12,18-19H,1-2H3. The fourth-order valence-electron chi connectivity index (χ4n) is 2.91. The van der Waals surface area contributed by atoms with E-state index in [9.17, 15) is 10.1 Å². The maximum absolute atomic E-state index is 11.4. The number of aromatic amines is 1. The van der Waals surface area contributed by atoms with Gasteiger partial charge in [0.1, 0.15) is 5.75 Å². The van der Waals surface area contributed by atoms with E-state index in [4.69, 9.17) is 4.74 Å². The molecule has 0 fully saturated rings. The maximum Gasteiger partial charge on any atom is 0.222 e. The second-order valence-corrected chi connectivity index (χ2v) is 5.59. The molecule has 1 N–H and O–H groups in total. The minimum absolute atomic E-state index is 0.236. The largest absolute Gasteiger partial charge is 0.497 e. The number of para-hydroxylation sites is 1. The van der Waals surface area contributed by atoms with E-state index < -0.39 is 6.04 Å². The molecule has 0 spiro atoms. The van der Waals surface area contributed by atoms with Crippen LogP contribution in [0.15, 0.2) is 54.6 Å². The van der Waals surface area contributed by atoms with Crippen molar-refractivity contribution in [2.45, 2.75) is 18.9 Å². The van der Waals surface area contributed by atoms with Crippen LogP contribution in [0.5, 0.6) is 5.75 Å². The third kappa shape index (κ3) is 2.90. The average Bonchev–Trinajstić information content (AvgIpc) is 2.99. The molecule has 2 aromatic carbocycles. The Morgan fingerprint density at radius 2 is 1.83 bits per heavy atom. The molecule has 118 valence electrons. The summed E-state index contributed by atoms with van der Waals surface area (Å²) in [5.41, 5.74) is 2.72. The quantitative estimate of drug-likeness (QED) is 0.572. The summed E-state index contributed by atoms with van der Waals surface area (Å²) in [5.74, 6) is 0.390. The maximum atomic E-state index is 11.4. The van der Waals surface area contributed by atoms with E-state index in [1.54, 1.807) is 14.0 Å². The summed E-state index contributed by atoms with van der Waals surface area (Å²) < 4.78 is 5.17. The topological polar surface area (TPSA) is 68.2 Å². The molecule has 0 bridgehead atoms. The fourth-order valence-corrected chi connectivity index (χ4v) is 2.91. The van der Waals surface area contributed by atoms with E-state index in [2.05, 4.69) is 4.98 Å². The van der Waals surface area contributed by atoms with Gasteiger partial charge in [0.25, 0.3) is 0 Å². The zero-order valence-electron chi connectivity index (χ0n) is 13.0. The molecule has 1 heterocycles. The molecule has 2 unspecified atom stereocenters. The first-order valence-electron chi connectivity index (χ1n) is 7.45. The van der Waals surface area contributed by atoms with Crippen molar-refractivity contribution >= 4 is 10.9 Å². The van der Waals surface area contributed by atoms with Gasteiger partial charge in [-0.1, -0.05) is 30.3 Å². The van der Waals surface area contributed by atoms with Crippen LogP contribution in [-0.2, 0) is 0 Å². The molecule has 5 nitrogen and oxygen atoms in total. The highest BCUT2D eigenvalue weighted by atomic mass is 16.6. The lowest BCUT2D eigenvalue weighted by molar-refractivity contribution is -0.520. The molecule has 0 aliphatic carbocycles. The summed E-state index contributed by atoms with van der Waals surface area (Å²) in [6, 6.07) is 16.6. The molecule has 3 aromatic rings. The highest BCUT2D eigenvalue weighted by Gasteiger charge is 2.31. The van der Waals surface area contributed by atoms with E-state index in [1.807, 2.05) is 54.6 Å². The van der Waals surface area contributed by atoms with Gasteiger partial charge in [-0.05, 0) is 35.2 Å². The first-order chi connectivity index (χ1) is 11.1. The second-order valence-electron chi connectivity index (χ2n) is 5.59. The van der Waals surface area contributed by atoms with Crippen LogP contribution in [0.25, 0.3) is 10.9 Å². The summed E-state index contributed by atoms with van der Waals surface area (Å²) in [6.45, 7) is 1.64. The van der Waals surface area contributed by atoms with Gasteiger partial charge >= 0.3 is 0 Å². The molecule has 3 rings (SSSR count). The molecular formula is C18H18N2O3. The lowest BCUT2D eigenvalue weighted by Gasteiger charge is -2.18. The smallest absolute Gasteiger partial charge is 0.222 e. The molecule has 5 heteroatoms. The molecule has 0 aliphatic rings. The van der Waals surface area contributed by atoms with E-state index >= 15 is 0 Å². The number of nitrogens with zero attached hydrogens (tertiary/aromatic N) is 1. The molecule has 1 aromatic heterocycles. The summed E-state index contributed by atoms with van der Waals surface area (Å²) in [6.07, 6.45) is 0. The number of aromatic nitrogens is 1. The molecule has 0 amide bonds. The number of nitro groups is 1. The van der Waals surface area contributed by atoms with E-state index in [0.29, 0.717) is 0 Å². The first kappa shape index (κ1) is 15.1. The number of ether oxygens (including phenoxy) is 1. The van der Waals surface area contributed by atoms with Crippen LogP contribution in [0.3, 0.4) is 0 Å². The van der Waals surface area contributed by atoms with Gasteiger partial charge in [0.2, 0.25) is 6.04 Å². The molecule has 2 atom stereocenters. The Morgan fingerprint density at radius 3 is 2.43 bits per heavy atom. The van der Waals surface area contributed by atoms with Gasteiger partial charge in [-0.2, -0.15) is 0 Å². The van der Waals surface area contributed by atoms with Crippen molar-refractivity contribution in [1.29, 1.82) is 0 Å². The Kier molecular flexibility index (Phi) is 4.02. The van der Waals surface area contributed by atoms with Gasteiger partial charge in [0, 0.05) is 23.1 Å². The third-order valence-corrected chi connectivity index (χ3v) is 4.18. The lowest BCUT2D eigenvalue weighted by Crippen LogP contribution is -2.25. The Labute approximate surface area is 134 Å². The number of hydrogen-bond acceptors (Lipinski definition) is 3. The number of methoxy groups -OCH3 is 1. The van der Waals surface area contributed by atoms with Gasteiger partial charge in [-0.3, -0.25) is 10.1 Å². The zero-order valence-corrected chi connectivity index (χ0v) is 13.0. The Morgan fingerprint density at radius 1 is 1.13 bits per heavy atom. The normalized spacial score (nSPS) is 13.7. The van der Waals surface area contributed by atoms with Gasteiger partial charge in [0.05, 0.1) is 13.0 Å². The number of rotatable bonds is 5. The van der Waals surface area contributed by atoms with Crippen molar-refractivity contribution in [3.8, 4) is 5.75 Å². The number of fused-ring (bicyclic) bond motifs is 1. The van der Waals surface area contributed by atoms with Crippen molar-refractivity contribution in [1.82, 2.24) is 4.98 Å². The summed E-state index contributed by atoms with van der Waals surface area (Å²) >= 11 is 0. The predicted octanol–water partition coefficient (Wildman–Crippen LogP) is 3.97. The van der Waals surface area contributed by atoms with Gasteiger partial charge in [-0.25, -0.2) is 0 Å². The van der Waals surface area contributed by atoms with E-state index in [-0.39, 0.29) is 10.8 Å². The molecule has 23 heavy (non-hydrogen) atoms. The van der Waals surface area contributed by atoms with Gasteiger partial charge in [-0.15, -0.1) is 0 Å². The number of nitrogens with one attached hydrogen (secondary N) is 1. The lowest BCUT2D eigenvalue weighted by atomic mass is 9.89. The molecular weight excluding hydrogens is 292 g/mol. The predicted molar refractivity (Wildman–Crippen MR) is 89.6 cm³/mol. The van der Waals surface area contributed by atoms with Crippen molar-refractivity contribution < 1.29 is 9.66 Å². The Bertz CT molecular complexity index is 791. The van der Waals surface area contributed by atoms with Gasteiger partial charge in [0.15, 0.2) is 0 Å².